The number of fused-ring (bicyclic) bond motifs is 1. The van der Waals surface area contributed by atoms with Crippen LogP contribution in [0.25, 0.3) is 11.7 Å². The van der Waals surface area contributed by atoms with Crippen molar-refractivity contribution >= 4 is 51.7 Å². The molecule has 1 fully saturated rings. The number of carbonyl (C=O) groups excluding carboxylic acids is 1. The average Bonchev–Trinajstić information content (AvgIpc) is 2.91. The molecular formula is C19H22N4O2S2. The molecule has 27 heavy (non-hydrogen) atoms. The molecule has 1 saturated heterocycles. The Bertz CT molecular complexity index is 997. The summed E-state index contributed by atoms with van der Waals surface area (Å²) >= 11 is 6.55. The van der Waals surface area contributed by atoms with E-state index in [1.807, 2.05) is 32.9 Å². The van der Waals surface area contributed by atoms with Gasteiger partial charge >= 0.3 is 0 Å². The Morgan fingerprint density at radius 2 is 2.07 bits per heavy atom. The van der Waals surface area contributed by atoms with Gasteiger partial charge in [-0.2, -0.15) is 0 Å². The van der Waals surface area contributed by atoms with E-state index in [0.717, 1.165) is 18.4 Å². The van der Waals surface area contributed by atoms with Crippen LogP contribution in [0.4, 0.5) is 5.82 Å². The first-order valence-electron chi connectivity index (χ1n) is 8.99. The maximum atomic E-state index is 13.1. The highest BCUT2D eigenvalue weighted by Gasteiger charge is 2.31. The first-order valence-corrected chi connectivity index (χ1v) is 10.2. The van der Waals surface area contributed by atoms with Crippen LogP contribution < -0.4 is 10.9 Å². The molecule has 6 nitrogen and oxygen atoms in total. The van der Waals surface area contributed by atoms with Crippen molar-refractivity contribution in [3.63, 3.8) is 0 Å². The molecule has 1 aliphatic rings. The fraction of sp³-hybridized carbons (Fsp3) is 0.368. The number of amides is 1. The molecular weight excluding hydrogens is 380 g/mol. The third-order valence-electron chi connectivity index (χ3n) is 4.22. The van der Waals surface area contributed by atoms with Gasteiger partial charge in [-0.25, -0.2) is 4.98 Å². The van der Waals surface area contributed by atoms with Gasteiger partial charge in [0.05, 0.1) is 10.5 Å². The van der Waals surface area contributed by atoms with Crippen LogP contribution in [0.5, 0.6) is 0 Å². The monoisotopic (exact) mass is 402 g/mol. The second-order valence-electron chi connectivity index (χ2n) is 6.32. The molecule has 1 N–H and O–H groups in total. The number of pyridine rings is 1. The van der Waals surface area contributed by atoms with E-state index in [9.17, 15) is 9.59 Å². The third kappa shape index (κ3) is 3.77. The van der Waals surface area contributed by atoms with Crippen LogP contribution in [0, 0.1) is 6.92 Å². The summed E-state index contributed by atoms with van der Waals surface area (Å²) in [5.41, 5.74) is 1.69. The van der Waals surface area contributed by atoms with Gasteiger partial charge in [0, 0.05) is 19.3 Å². The molecule has 1 amide bonds. The Balaban J connectivity index is 2.15. The number of anilines is 1. The number of rotatable bonds is 6. The van der Waals surface area contributed by atoms with E-state index < -0.39 is 0 Å². The van der Waals surface area contributed by atoms with Crippen LogP contribution in [0.2, 0.25) is 0 Å². The van der Waals surface area contributed by atoms with Crippen molar-refractivity contribution < 1.29 is 4.79 Å². The van der Waals surface area contributed by atoms with Crippen molar-refractivity contribution in [2.45, 2.75) is 33.6 Å². The van der Waals surface area contributed by atoms with Crippen molar-refractivity contribution in [1.29, 1.82) is 0 Å². The molecule has 1 aliphatic heterocycles. The lowest BCUT2D eigenvalue weighted by Gasteiger charge is -2.12. The van der Waals surface area contributed by atoms with Crippen molar-refractivity contribution in [1.82, 2.24) is 14.3 Å². The third-order valence-corrected chi connectivity index (χ3v) is 5.60. The number of aromatic nitrogens is 2. The first kappa shape index (κ1) is 19.6. The van der Waals surface area contributed by atoms with Gasteiger partial charge in [0.1, 0.15) is 15.8 Å². The topological polar surface area (TPSA) is 66.7 Å². The van der Waals surface area contributed by atoms with Crippen LogP contribution in [-0.2, 0) is 4.79 Å². The molecule has 0 aromatic carbocycles. The summed E-state index contributed by atoms with van der Waals surface area (Å²) in [5, 5.41) is 3.22. The standard InChI is InChI=1S/C19H22N4O2S2/c1-4-8-20-15-13(11-14-18(25)23(9-5-2)19(26)27-14)17(24)22-10-6-7-12(3)16(22)21-15/h6-7,10-11,20H,4-5,8-9H2,1-3H3. The lowest BCUT2D eigenvalue weighted by Crippen LogP contribution is -2.28. The number of carbonyl (C=O) groups is 1. The fourth-order valence-corrected chi connectivity index (χ4v) is 4.16. The predicted molar refractivity (Wildman–Crippen MR) is 115 cm³/mol. The van der Waals surface area contributed by atoms with Crippen molar-refractivity contribution in [2.75, 3.05) is 18.4 Å². The Hall–Kier alpha value is -2.19. The number of hydrogen-bond acceptors (Lipinski definition) is 6. The normalized spacial score (nSPS) is 16.0. The molecule has 3 rings (SSSR count). The number of thiocarbonyl (C=S) groups is 1. The van der Waals surface area contributed by atoms with Gasteiger partial charge in [-0.05, 0) is 37.5 Å². The molecule has 0 saturated carbocycles. The molecule has 0 bridgehead atoms. The largest absolute Gasteiger partial charge is 0.369 e. The molecule has 8 heteroatoms. The first-order chi connectivity index (χ1) is 13.0. The van der Waals surface area contributed by atoms with E-state index in [1.165, 1.54) is 16.2 Å². The highest BCUT2D eigenvalue weighted by Crippen LogP contribution is 2.33. The quantitative estimate of drug-likeness (QED) is 0.590. The average molecular weight is 403 g/mol. The summed E-state index contributed by atoms with van der Waals surface area (Å²) in [6.45, 7) is 7.23. The van der Waals surface area contributed by atoms with Gasteiger partial charge < -0.3 is 5.32 Å². The van der Waals surface area contributed by atoms with Crippen LogP contribution >= 0.6 is 24.0 Å². The molecule has 0 radical (unpaired) electrons. The summed E-state index contributed by atoms with van der Waals surface area (Å²) in [5.74, 6) is 0.346. The second kappa shape index (κ2) is 8.22. The molecule has 0 spiro atoms. The summed E-state index contributed by atoms with van der Waals surface area (Å²) in [7, 11) is 0. The maximum Gasteiger partial charge on any atom is 0.267 e. The zero-order valence-electron chi connectivity index (χ0n) is 15.6. The van der Waals surface area contributed by atoms with Crippen molar-refractivity contribution in [2.24, 2.45) is 0 Å². The Morgan fingerprint density at radius 3 is 2.78 bits per heavy atom. The van der Waals surface area contributed by atoms with E-state index in [1.54, 1.807) is 17.2 Å². The molecule has 0 aliphatic carbocycles. The van der Waals surface area contributed by atoms with E-state index >= 15 is 0 Å². The minimum absolute atomic E-state index is 0.151. The van der Waals surface area contributed by atoms with Gasteiger partial charge in [-0.3, -0.25) is 18.9 Å². The number of thioether (sulfide) groups is 1. The SMILES string of the molecule is CCCNc1nc2c(C)cccn2c(=O)c1C=C1SC(=S)N(CCC)C1=O. The van der Waals surface area contributed by atoms with Crippen LogP contribution in [0.15, 0.2) is 28.0 Å². The number of aryl methyl sites for hydroxylation is 1. The van der Waals surface area contributed by atoms with Gasteiger partial charge in [0.2, 0.25) is 0 Å². The smallest absolute Gasteiger partial charge is 0.267 e. The van der Waals surface area contributed by atoms with Gasteiger partial charge in [-0.15, -0.1) is 0 Å². The molecule has 3 heterocycles. The summed E-state index contributed by atoms with van der Waals surface area (Å²) < 4.78 is 2.05. The summed E-state index contributed by atoms with van der Waals surface area (Å²) in [6, 6.07) is 3.73. The van der Waals surface area contributed by atoms with E-state index in [2.05, 4.69) is 10.3 Å². The zero-order valence-corrected chi connectivity index (χ0v) is 17.2. The highest BCUT2D eigenvalue weighted by atomic mass is 32.2. The highest BCUT2D eigenvalue weighted by molar-refractivity contribution is 8.26. The lowest BCUT2D eigenvalue weighted by atomic mass is 10.2. The van der Waals surface area contributed by atoms with Crippen molar-refractivity contribution in [3.05, 3.63) is 44.7 Å². The van der Waals surface area contributed by atoms with Crippen LogP contribution in [0.1, 0.15) is 37.8 Å². The van der Waals surface area contributed by atoms with E-state index in [0.29, 0.717) is 39.3 Å². The van der Waals surface area contributed by atoms with Gasteiger partial charge in [0.15, 0.2) is 0 Å². The Kier molecular flexibility index (Phi) is 5.96. The number of nitrogens with zero attached hydrogens (tertiary/aromatic N) is 3. The van der Waals surface area contributed by atoms with Gasteiger partial charge in [-0.1, -0.05) is 43.9 Å². The maximum absolute atomic E-state index is 13.1. The second-order valence-corrected chi connectivity index (χ2v) is 8.00. The van der Waals surface area contributed by atoms with Crippen LogP contribution in [0.3, 0.4) is 0 Å². The van der Waals surface area contributed by atoms with E-state index in [4.69, 9.17) is 12.2 Å². The predicted octanol–water partition coefficient (Wildman–Crippen LogP) is 3.44. The van der Waals surface area contributed by atoms with E-state index in [-0.39, 0.29) is 11.5 Å². The lowest BCUT2D eigenvalue weighted by molar-refractivity contribution is -0.122. The molecule has 0 atom stereocenters. The fourth-order valence-electron chi connectivity index (χ4n) is 2.87. The van der Waals surface area contributed by atoms with Crippen LogP contribution in [-0.4, -0.2) is 37.6 Å². The number of nitrogens with one attached hydrogen (secondary N) is 1. The Labute approximate surface area is 167 Å². The minimum atomic E-state index is -0.205. The molecule has 2 aromatic rings. The summed E-state index contributed by atoms with van der Waals surface area (Å²) in [6.07, 6.45) is 5.04. The Morgan fingerprint density at radius 1 is 1.30 bits per heavy atom. The molecule has 142 valence electrons. The zero-order chi connectivity index (χ0) is 19.6. The summed E-state index contributed by atoms with van der Waals surface area (Å²) in [4.78, 5) is 32.5. The van der Waals surface area contributed by atoms with Crippen molar-refractivity contribution in [3.8, 4) is 0 Å². The minimum Gasteiger partial charge on any atom is -0.369 e. The molecule has 0 unspecified atom stereocenters. The van der Waals surface area contributed by atoms with Gasteiger partial charge in [0.25, 0.3) is 11.5 Å². The number of hydrogen-bond donors (Lipinski definition) is 1. The molecule has 2 aromatic heterocycles.